The summed E-state index contributed by atoms with van der Waals surface area (Å²) in [6.45, 7) is -0.0137. The standard InChI is InChI=1S/C12H14N2O4S2/c1-13(2)12(19)20-11(6-14(15)16)8-3-4-9-10(5-8)18-7-17-9/h3-5,11H,6-7H2,1-2H3. The van der Waals surface area contributed by atoms with E-state index in [9.17, 15) is 10.1 Å². The van der Waals surface area contributed by atoms with Crippen LogP contribution in [0.25, 0.3) is 0 Å². The maximum Gasteiger partial charge on any atom is 0.231 e. The minimum atomic E-state index is -0.352. The highest BCUT2D eigenvalue weighted by Crippen LogP contribution is 2.38. The SMILES string of the molecule is CN(C)C(=S)SC(C[N+](=O)[O-])c1ccc2c(c1)OCO2. The van der Waals surface area contributed by atoms with Crippen LogP contribution in [-0.2, 0) is 0 Å². The Morgan fingerprint density at radius 2 is 2.20 bits per heavy atom. The zero-order chi connectivity index (χ0) is 14.7. The lowest BCUT2D eigenvalue weighted by molar-refractivity contribution is -0.479. The van der Waals surface area contributed by atoms with Crippen LogP contribution in [0.3, 0.4) is 0 Å². The van der Waals surface area contributed by atoms with Gasteiger partial charge in [-0.15, -0.1) is 0 Å². The largest absolute Gasteiger partial charge is 0.454 e. The molecule has 0 spiro atoms. The first-order valence-electron chi connectivity index (χ1n) is 5.86. The summed E-state index contributed by atoms with van der Waals surface area (Å²) in [6.07, 6.45) is 0. The number of benzene rings is 1. The molecule has 0 amide bonds. The second kappa shape index (κ2) is 6.27. The number of nitrogens with zero attached hydrogens (tertiary/aromatic N) is 2. The predicted octanol–water partition coefficient (Wildman–Crippen LogP) is 2.31. The van der Waals surface area contributed by atoms with Gasteiger partial charge >= 0.3 is 0 Å². The van der Waals surface area contributed by atoms with Gasteiger partial charge in [0.2, 0.25) is 13.3 Å². The van der Waals surface area contributed by atoms with Crippen molar-refractivity contribution in [2.45, 2.75) is 5.25 Å². The predicted molar refractivity (Wildman–Crippen MR) is 81.0 cm³/mol. The minimum absolute atomic E-state index is 0.182. The summed E-state index contributed by atoms with van der Waals surface area (Å²) in [7, 11) is 3.64. The number of fused-ring (bicyclic) bond motifs is 1. The van der Waals surface area contributed by atoms with E-state index >= 15 is 0 Å². The Kier molecular flexibility index (Phi) is 4.66. The molecule has 2 rings (SSSR count). The van der Waals surface area contributed by atoms with E-state index < -0.39 is 0 Å². The molecule has 1 aromatic carbocycles. The van der Waals surface area contributed by atoms with Crippen molar-refractivity contribution in [1.29, 1.82) is 0 Å². The van der Waals surface area contributed by atoms with E-state index in [0.29, 0.717) is 15.8 Å². The molecule has 108 valence electrons. The Hall–Kier alpha value is -1.54. The fourth-order valence-corrected chi connectivity index (χ4v) is 2.97. The van der Waals surface area contributed by atoms with E-state index in [4.69, 9.17) is 21.7 Å². The molecular weight excluding hydrogens is 300 g/mol. The van der Waals surface area contributed by atoms with Crippen LogP contribution in [0.15, 0.2) is 18.2 Å². The average molecular weight is 314 g/mol. The summed E-state index contributed by atoms with van der Waals surface area (Å²) in [5, 5.41) is 10.5. The van der Waals surface area contributed by atoms with Gasteiger partial charge in [0, 0.05) is 19.0 Å². The van der Waals surface area contributed by atoms with Crippen LogP contribution in [0.4, 0.5) is 0 Å². The number of hydrogen-bond donors (Lipinski definition) is 0. The third-order valence-corrected chi connectivity index (χ3v) is 4.62. The summed E-state index contributed by atoms with van der Waals surface area (Å²) < 4.78 is 11.1. The van der Waals surface area contributed by atoms with Gasteiger partial charge < -0.3 is 14.4 Å². The van der Waals surface area contributed by atoms with Crippen LogP contribution < -0.4 is 9.47 Å². The first-order valence-corrected chi connectivity index (χ1v) is 7.15. The molecule has 0 saturated carbocycles. The molecular formula is C12H14N2O4S2. The van der Waals surface area contributed by atoms with Crippen molar-refractivity contribution in [1.82, 2.24) is 4.90 Å². The van der Waals surface area contributed by atoms with Crippen LogP contribution in [-0.4, -0.2) is 41.6 Å². The number of nitro groups is 1. The molecule has 0 fully saturated rings. The summed E-state index contributed by atoms with van der Waals surface area (Å²) in [6, 6.07) is 5.36. The van der Waals surface area contributed by atoms with Crippen molar-refractivity contribution in [3.63, 3.8) is 0 Å². The smallest absolute Gasteiger partial charge is 0.231 e. The average Bonchev–Trinajstić information content (AvgIpc) is 2.84. The molecule has 1 atom stereocenters. The van der Waals surface area contributed by atoms with E-state index in [0.717, 1.165) is 5.56 Å². The van der Waals surface area contributed by atoms with Crippen molar-refractivity contribution >= 4 is 28.3 Å². The topological polar surface area (TPSA) is 64.8 Å². The van der Waals surface area contributed by atoms with Gasteiger partial charge in [0.1, 0.15) is 9.57 Å². The highest BCUT2D eigenvalue weighted by atomic mass is 32.2. The molecule has 0 bridgehead atoms. The van der Waals surface area contributed by atoms with Gasteiger partial charge in [-0.05, 0) is 17.7 Å². The highest BCUT2D eigenvalue weighted by Gasteiger charge is 2.24. The van der Waals surface area contributed by atoms with Crippen LogP contribution in [0.2, 0.25) is 0 Å². The van der Waals surface area contributed by atoms with Gasteiger partial charge in [0.25, 0.3) is 0 Å². The number of rotatable bonds is 4. The van der Waals surface area contributed by atoms with Gasteiger partial charge in [-0.25, -0.2) is 0 Å². The monoisotopic (exact) mass is 314 g/mol. The summed E-state index contributed by atoms with van der Waals surface area (Å²) in [5.41, 5.74) is 0.806. The van der Waals surface area contributed by atoms with Crippen molar-refractivity contribution in [3.8, 4) is 11.5 Å². The fourth-order valence-electron chi connectivity index (χ4n) is 1.69. The van der Waals surface area contributed by atoms with Crippen LogP contribution >= 0.6 is 24.0 Å². The number of thioether (sulfide) groups is 1. The lowest BCUT2D eigenvalue weighted by Gasteiger charge is -2.18. The first kappa shape index (κ1) is 14.9. The van der Waals surface area contributed by atoms with Crippen LogP contribution in [0, 0.1) is 10.1 Å². The molecule has 0 aliphatic carbocycles. The molecule has 0 saturated heterocycles. The molecule has 1 aliphatic rings. The van der Waals surface area contributed by atoms with Crippen molar-refractivity contribution in [2.24, 2.45) is 0 Å². The number of thiocarbonyl (C=S) groups is 1. The Morgan fingerprint density at radius 1 is 1.50 bits per heavy atom. The van der Waals surface area contributed by atoms with Crippen molar-refractivity contribution < 1.29 is 14.4 Å². The highest BCUT2D eigenvalue weighted by molar-refractivity contribution is 8.23. The van der Waals surface area contributed by atoms with E-state index in [1.807, 2.05) is 20.2 Å². The third kappa shape index (κ3) is 3.51. The van der Waals surface area contributed by atoms with Crippen molar-refractivity contribution in [3.05, 3.63) is 33.9 Å². The Morgan fingerprint density at radius 3 is 2.85 bits per heavy atom. The summed E-state index contributed by atoms with van der Waals surface area (Å²) in [5.74, 6) is 1.28. The van der Waals surface area contributed by atoms with Gasteiger partial charge in [-0.2, -0.15) is 0 Å². The second-order valence-corrected chi connectivity index (χ2v) is 6.23. The van der Waals surface area contributed by atoms with E-state index in [1.165, 1.54) is 11.8 Å². The molecule has 1 heterocycles. The van der Waals surface area contributed by atoms with E-state index in [1.54, 1.807) is 17.0 Å². The molecule has 0 N–H and O–H groups in total. The van der Waals surface area contributed by atoms with Crippen LogP contribution in [0.5, 0.6) is 11.5 Å². The molecule has 1 aromatic rings. The lowest BCUT2D eigenvalue weighted by Crippen LogP contribution is -2.20. The Labute approximate surface area is 126 Å². The van der Waals surface area contributed by atoms with E-state index in [-0.39, 0.29) is 23.5 Å². The second-order valence-electron chi connectivity index (χ2n) is 4.39. The zero-order valence-corrected chi connectivity index (χ0v) is 12.7. The Bertz CT molecular complexity index is 536. The molecule has 6 nitrogen and oxygen atoms in total. The maximum atomic E-state index is 10.8. The molecule has 0 radical (unpaired) electrons. The van der Waals surface area contributed by atoms with Gasteiger partial charge in [0.05, 0.1) is 0 Å². The number of ether oxygens (including phenoxy) is 2. The molecule has 1 unspecified atom stereocenters. The normalized spacial score (nSPS) is 13.9. The van der Waals surface area contributed by atoms with E-state index in [2.05, 4.69) is 0 Å². The number of hydrogen-bond acceptors (Lipinski definition) is 6. The lowest BCUT2D eigenvalue weighted by atomic mass is 10.1. The van der Waals surface area contributed by atoms with Crippen LogP contribution in [0.1, 0.15) is 10.8 Å². The molecule has 0 aromatic heterocycles. The quantitative estimate of drug-likeness (QED) is 0.480. The zero-order valence-electron chi connectivity index (χ0n) is 11.1. The molecule has 8 heteroatoms. The van der Waals surface area contributed by atoms with Crippen molar-refractivity contribution in [2.75, 3.05) is 27.4 Å². The third-order valence-electron chi connectivity index (χ3n) is 2.69. The summed E-state index contributed by atoms with van der Waals surface area (Å²) in [4.78, 5) is 12.3. The maximum absolute atomic E-state index is 10.8. The first-order chi connectivity index (χ1) is 9.47. The van der Waals surface area contributed by atoms with Gasteiger partial charge in [0.15, 0.2) is 11.5 Å². The molecule has 1 aliphatic heterocycles. The van der Waals surface area contributed by atoms with Gasteiger partial charge in [-0.3, -0.25) is 10.1 Å². The summed E-state index contributed by atoms with van der Waals surface area (Å²) >= 11 is 6.52. The molecule has 20 heavy (non-hydrogen) atoms. The van der Waals surface area contributed by atoms with Gasteiger partial charge in [-0.1, -0.05) is 30.0 Å². The Balaban J connectivity index is 2.21. The fraction of sp³-hybridized carbons (Fsp3) is 0.417. The minimum Gasteiger partial charge on any atom is -0.454 e.